The third-order valence-electron chi connectivity index (χ3n) is 10.4. The normalized spacial score (nSPS) is 12.2. The van der Waals surface area contributed by atoms with Gasteiger partial charge in [-0.25, -0.2) is 0 Å². The van der Waals surface area contributed by atoms with Gasteiger partial charge in [0.2, 0.25) is 0 Å². The molecule has 0 unspecified atom stereocenters. The van der Waals surface area contributed by atoms with E-state index >= 15 is 0 Å². The van der Waals surface area contributed by atoms with Gasteiger partial charge in [0, 0.05) is 44.7 Å². The van der Waals surface area contributed by atoms with Crippen molar-refractivity contribution in [1.29, 1.82) is 0 Å². The quantitative estimate of drug-likeness (QED) is 0.186. The molecule has 0 aliphatic heterocycles. The predicted molar refractivity (Wildman–Crippen MR) is 207 cm³/mol. The highest BCUT2D eigenvalue weighted by molar-refractivity contribution is 6.11. The van der Waals surface area contributed by atoms with Crippen LogP contribution in [-0.4, -0.2) is 9.97 Å². The first-order valence-corrected chi connectivity index (χ1v) is 17.2. The molecule has 242 valence electrons. The van der Waals surface area contributed by atoms with Gasteiger partial charge >= 0.3 is 0 Å². The molecule has 0 spiro atoms. The van der Waals surface area contributed by atoms with Crippen molar-refractivity contribution in [2.45, 2.75) is 0 Å². The van der Waals surface area contributed by atoms with E-state index < -0.39 is 0 Å². The van der Waals surface area contributed by atoms with Crippen LogP contribution in [0.15, 0.2) is 164 Å². The number of hydrogen-bond acceptors (Lipinski definition) is 6. The number of rotatable bonds is 3. The summed E-state index contributed by atoms with van der Waals surface area (Å²) >= 11 is 0. The second kappa shape index (κ2) is 10.2. The number of nitrogens with zero attached hydrogens (tertiary/aromatic N) is 2. The Morgan fingerprint density at radius 3 is 0.865 bits per heavy atom. The lowest BCUT2D eigenvalue weighted by Gasteiger charge is -2.04. The lowest BCUT2D eigenvalue weighted by Crippen LogP contribution is -1.80. The van der Waals surface area contributed by atoms with E-state index in [9.17, 15) is 0 Å². The zero-order chi connectivity index (χ0) is 33.9. The molecule has 0 aliphatic rings. The standard InChI is InChI=1S/C46H24N2O4/c1-3-43-45(47-17-1)35-23-29(9-15-41(35)51-43)27-7-13-39-33(21-27)31-19-25(5-11-37(31)49-39)26-6-12-38-32(20-26)34-22-28(8-14-40(34)50-38)30-10-16-42-36(24-30)46-44(52-42)4-2-18-48-46/h1-24H. The lowest BCUT2D eigenvalue weighted by molar-refractivity contribution is 0.668. The van der Waals surface area contributed by atoms with Gasteiger partial charge in [-0.15, -0.1) is 0 Å². The Balaban J connectivity index is 0.957. The van der Waals surface area contributed by atoms with Gasteiger partial charge in [-0.3, -0.25) is 9.97 Å². The fourth-order valence-electron chi connectivity index (χ4n) is 7.83. The summed E-state index contributed by atoms with van der Waals surface area (Å²) in [4.78, 5) is 9.15. The lowest BCUT2D eigenvalue weighted by atomic mass is 9.98. The van der Waals surface area contributed by atoms with Crippen molar-refractivity contribution in [2.24, 2.45) is 0 Å². The van der Waals surface area contributed by atoms with Crippen molar-refractivity contribution < 1.29 is 17.7 Å². The number of furan rings is 4. The van der Waals surface area contributed by atoms with Crippen LogP contribution < -0.4 is 0 Å². The van der Waals surface area contributed by atoms with E-state index in [4.69, 9.17) is 17.7 Å². The van der Waals surface area contributed by atoms with Crippen LogP contribution in [0.25, 0.3) is 121 Å². The monoisotopic (exact) mass is 668 g/mol. The average molecular weight is 669 g/mol. The number of fused-ring (bicyclic) bond motifs is 12. The van der Waals surface area contributed by atoms with E-state index in [0.29, 0.717) is 0 Å². The largest absolute Gasteiger partial charge is 0.456 e. The summed E-state index contributed by atoms with van der Waals surface area (Å²) in [5, 5.41) is 6.30. The van der Waals surface area contributed by atoms with Gasteiger partial charge in [-0.05, 0) is 130 Å². The number of aromatic nitrogens is 2. The van der Waals surface area contributed by atoms with Gasteiger partial charge in [0.05, 0.1) is 0 Å². The van der Waals surface area contributed by atoms with Crippen molar-refractivity contribution in [3.8, 4) is 33.4 Å². The van der Waals surface area contributed by atoms with Crippen molar-refractivity contribution in [3.05, 3.63) is 146 Å². The molecule has 6 heterocycles. The summed E-state index contributed by atoms with van der Waals surface area (Å²) in [5.41, 5.74) is 15.0. The van der Waals surface area contributed by atoms with Gasteiger partial charge in [0.25, 0.3) is 0 Å². The smallest absolute Gasteiger partial charge is 0.153 e. The average Bonchev–Trinajstić information content (AvgIpc) is 3.96. The van der Waals surface area contributed by atoms with Crippen molar-refractivity contribution >= 4 is 88.0 Å². The first-order valence-electron chi connectivity index (χ1n) is 17.2. The molecule has 0 fully saturated rings. The van der Waals surface area contributed by atoms with E-state index in [2.05, 4.69) is 107 Å². The van der Waals surface area contributed by atoms with Gasteiger partial charge < -0.3 is 17.7 Å². The maximum Gasteiger partial charge on any atom is 0.153 e. The van der Waals surface area contributed by atoms with Crippen molar-refractivity contribution in [2.75, 3.05) is 0 Å². The molecule has 0 saturated carbocycles. The predicted octanol–water partition coefficient (Wildman–Crippen LogP) is 13.1. The van der Waals surface area contributed by atoms with E-state index in [1.54, 1.807) is 12.4 Å². The van der Waals surface area contributed by atoms with Crippen LogP contribution in [0.4, 0.5) is 0 Å². The molecule has 6 aromatic carbocycles. The Hall–Kier alpha value is -7.18. The molecule has 6 aromatic heterocycles. The van der Waals surface area contributed by atoms with Crippen LogP contribution in [-0.2, 0) is 0 Å². The minimum absolute atomic E-state index is 0.791. The van der Waals surface area contributed by atoms with Gasteiger partial charge in [0.1, 0.15) is 44.5 Å². The molecule has 0 N–H and O–H groups in total. The molecule has 0 amide bonds. The summed E-state index contributed by atoms with van der Waals surface area (Å²) in [7, 11) is 0. The SMILES string of the molecule is c1cnc2c(c1)oc1ccc(-c3ccc4oc5ccc(-c6ccc7oc8ccc(-c9ccc%10oc%11cccnc%11c%10c9)cc8c7c6)cc5c4c3)cc12. The van der Waals surface area contributed by atoms with Crippen LogP contribution >= 0.6 is 0 Å². The molecule has 12 aromatic rings. The number of hydrogen-bond donors (Lipinski definition) is 0. The topological polar surface area (TPSA) is 78.3 Å². The third kappa shape index (κ3) is 4.00. The van der Waals surface area contributed by atoms with Crippen LogP contribution in [0.2, 0.25) is 0 Å². The van der Waals surface area contributed by atoms with Crippen molar-refractivity contribution in [1.82, 2.24) is 9.97 Å². The van der Waals surface area contributed by atoms with E-state index in [0.717, 1.165) is 121 Å². The maximum atomic E-state index is 6.32. The Labute approximate surface area is 294 Å². The molecule has 12 rings (SSSR count). The summed E-state index contributed by atoms with van der Waals surface area (Å²) in [5.74, 6) is 0. The highest BCUT2D eigenvalue weighted by Gasteiger charge is 2.16. The maximum absolute atomic E-state index is 6.32. The van der Waals surface area contributed by atoms with Gasteiger partial charge in [0.15, 0.2) is 11.2 Å². The van der Waals surface area contributed by atoms with E-state index in [1.165, 1.54) is 0 Å². The van der Waals surface area contributed by atoms with Gasteiger partial charge in [-0.2, -0.15) is 0 Å². The second-order valence-corrected chi connectivity index (χ2v) is 13.4. The molecular weight excluding hydrogens is 645 g/mol. The molecular formula is C46H24N2O4. The fourth-order valence-corrected chi connectivity index (χ4v) is 7.83. The first kappa shape index (κ1) is 27.6. The molecule has 0 saturated heterocycles. The Bertz CT molecular complexity index is 3200. The third-order valence-corrected chi connectivity index (χ3v) is 10.4. The Kier molecular flexibility index (Phi) is 5.41. The minimum Gasteiger partial charge on any atom is -0.456 e. The second-order valence-electron chi connectivity index (χ2n) is 13.4. The van der Waals surface area contributed by atoms with Gasteiger partial charge in [-0.1, -0.05) is 36.4 Å². The molecule has 6 nitrogen and oxygen atoms in total. The minimum atomic E-state index is 0.791. The highest BCUT2D eigenvalue weighted by atomic mass is 16.3. The molecule has 6 heteroatoms. The van der Waals surface area contributed by atoms with Crippen molar-refractivity contribution in [3.63, 3.8) is 0 Å². The van der Waals surface area contributed by atoms with Crippen LogP contribution in [0.1, 0.15) is 0 Å². The van der Waals surface area contributed by atoms with E-state index in [1.807, 2.05) is 36.4 Å². The molecule has 0 bridgehead atoms. The summed E-state index contributed by atoms with van der Waals surface area (Å²) in [6, 6.07) is 45.9. The van der Waals surface area contributed by atoms with E-state index in [-0.39, 0.29) is 0 Å². The summed E-state index contributed by atoms with van der Waals surface area (Å²) in [6.45, 7) is 0. The summed E-state index contributed by atoms with van der Waals surface area (Å²) in [6.07, 6.45) is 3.61. The van der Waals surface area contributed by atoms with Crippen LogP contribution in [0, 0.1) is 0 Å². The fraction of sp³-hybridized carbons (Fsp3) is 0. The Morgan fingerprint density at radius 2 is 0.538 bits per heavy atom. The molecule has 52 heavy (non-hydrogen) atoms. The van der Waals surface area contributed by atoms with Crippen LogP contribution in [0.5, 0.6) is 0 Å². The number of pyridine rings is 2. The summed E-state index contributed by atoms with van der Waals surface area (Å²) < 4.78 is 24.7. The zero-order valence-corrected chi connectivity index (χ0v) is 27.4. The first-order chi connectivity index (χ1) is 25.7. The zero-order valence-electron chi connectivity index (χ0n) is 27.4. The number of benzene rings is 6. The molecule has 0 atom stereocenters. The highest BCUT2D eigenvalue weighted by Crippen LogP contribution is 2.40. The Morgan fingerprint density at radius 1 is 0.269 bits per heavy atom. The van der Waals surface area contributed by atoms with Crippen LogP contribution in [0.3, 0.4) is 0 Å². The molecule has 0 radical (unpaired) electrons. The molecule has 0 aliphatic carbocycles.